The van der Waals surface area contributed by atoms with Gasteiger partial charge in [-0.1, -0.05) is 23.7 Å². The van der Waals surface area contributed by atoms with Crippen LogP contribution in [0.15, 0.2) is 63.9 Å². The van der Waals surface area contributed by atoms with Gasteiger partial charge in [-0.05, 0) is 36.5 Å². The second-order valence-electron chi connectivity index (χ2n) is 5.35. The van der Waals surface area contributed by atoms with Crippen molar-refractivity contribution in [2.45, 2.75) is 6.04 Å². The van der Waals surface area contributed by atoms with Crippen LogP contribution in [0.5, 0.6) is 0 Å². The van der Waals surface area contributed by atoms with Gasteiger partial charge in [-0.15, -0.1) is 0 Å². The summed E-state index contributed by atoms with van der Waals surface area (Å²) in [4.78, 5) is 22.9. The molecule has 2 N–H and O–H groups in total. The zero-order valence-electron chi connectivity index (χ0n) is 13.5. The number of nitrogens with zero attached hydrogens (tertiary/aromatic N) is 5. The van der Waals surface area contributed by atoms with Gasteiger partial charge in [0.15, 0.2) is 11.2 Å². The minimum Gasteiger partial charge on any atom is -0.374 e. The van der Waals surface area contributed by atoms with Crippen LogP contribution in [0.3, 0.4) is 0 Å². The van der Waals surface area contributed by atoms with E-state index in [1.807, 2.05) is 0 Å². The SMILES string of the molecule is NC(=S)N1N=C(c2ccc([N+](=O)[O-])cc2)[C@H](N=Nc2ccccc2Cl)C1=O. The predicted octanol–water partition coefficient (Wildman–Crippen LogP) is 3.19. The Labute approximate surface area is 163 Å². The number of halogens is 1. The van der Waals surface area contributed by atoms with Gasteiger partial charge in [-0.2, -0.15) is 20.3 Å². The first-order valence-corrected chi connectivity index (χ1v) is 8.29. The molecule has 0 bridgehead atoms. The van der Waals surface area contributed by atoms with Crippen LogP contribution in [0, 0.1) is 10.1 Å². The van der Waals surface area contributed by atoms with Crippen molar-refractivity contribution < 1.29 is 9.72 Å². The van der Waals surface area contributed by atoms with Crippen LogP contribution in [-0.4, -0.2) is 32.7 Å². The lowest BCUT2D eigenvalue weighted by atomic mass is 10.0. The number of hydrazone groups is 1. The zero-order valence-corrected chi connectivity index (χ0v) is 15.1. The molecule has 0 aromatic heterocycles. The van der Waals surface area contributed by atoms with E-state index in [-0.39, 0.29) is 16.5 Å². The maximum atomic E-state index is 12.6. The third-order valence-electron chi connectivity index (χ3n) is 3.63. The smallest absolute Gasteiger partial charge is 0.282 e. The summed E-state index contributed by atoms with van der Waals surface area (Å²) in [6.45, 7) is 0. The van der Waals surface area contributed by atoms with Crippen molar-refractivity contribution in [3.8, 4) is 0 Å². The van der Waals surface area contributed by atoms with Crippen LogP contribution in [0.4, 0.5) is 11.4 Å². The molecule has 0 spiro atoms. The molecule has 0 saturated heterocycles. The normalized spacial score (nSPS) is 16.6. The van der Waals surface area contributed by atoms with E-state index in [4.69, 9.17) is 29.6 Å². The Balaban J connectivity index is 1.98. The molecule has 11 heteroatoms. The Morgan fingerprint density at radius 3 is 2.52 bits per heavy atom. The highest BCUT2D eigenvalue weighted by molar-refractivity contribution is 7.80. The highest BCUT2D eigenvalue weighted by Gasteiger charge is 2.38. The van der Waals surface area contributed by atoms with Crippen molar-refractivity contribution in [3.05, 3.63) is 69.2 Å². The summed E-state index contributed by atoms with van der Waals surface area (Å²) >= 11 is 10.9. The van der Waals surface area contributed by atoms with Gasteiger partial charge in [0.25, 0.3) is 11.6 Å². The molecule has 1 aliphatic rings. The lowest BCUT2D eigenvalue weighted by molar-refractivity contribution is -0.384. The maximum Gasteiger partial charge on any atom is 0.282 e. The molecule has 0 radical (unpaired) electrons. The number of azo groups is 1. The monoisotopic (exact) mass is 402 g/mol. The maximum absolute atomic E-state index is 12.6. The average molecular weight is 403 g/mol. The van der Waals surface area contributed by atoms with Gasteiger partial charge in [0.1, 0.15) is 11.4 Å². The van der Waals surface area contributed by atoms with E-state index < -0.39 is 16.9 Å². The number of non-ortho nitro benzene ring substituents is 1. The first-order chi connectivity index (χ1) is 12.9. The van der Waals surface area contributed by atoms with Crippen molar-refractivity contribution >= 4 is 51.9 Å². The van der Waals surface area contributed by atoms with E-state index >= 15 is 0 Å². The number of nitrogens with two attached hydrogens (primary N) is 1. The molecule has 0 aliphatic carbocycles. The number of hydrogen-bond donors (Lipinski definition) is 1. The van der Waals surface area contributed by atoms with Crippen LogP contribution in [0.25, 0.3) is 0 Å². The van der Waals surface area contributed by atoms with E-state index in [0.29, 0.717) is 16.3 Å². The number of rotatable bonds is 4. The largest absolute Gasteiger partial charge is 0.374 e. The fourth-order valence-corrected chi connectivity index (χ4v) is 2.63. The van der Waals surface area contributed by atoms with Gasteiger partial charge in [-0.25, -0.2) is 0 Å². The number of nitro benzene ring substituents is 1. The molecular weight excluding hydrogens is 392 g/mol. The molecule has 27 heavy (non-hydrogen) atoms. The van der Waals surface area contributed by atoms with Crippen molar-refractivity contribution in [1.82, 2.24) is 5.01 Å². The van der Waals surface area contributed by atoms with Gasteiger partial charge < -0.3 is 5.73 Å². The van der Waals surface area contributed by atoms with Gasteiger partial charge in [0, 0.05) is 17.7 Å². The van der Waals surface area contributed by atoms with Gasteiger partial charge in [0.05, 0.1) is 9.95 Å². The number of hydrogen-bond acceptors (Lipinski definition) is 7. The standard InChI is InChI=1S/C16H11ClN6O3S/c17-11-3-1-2-4-12(11)19-20-14-13(21-22(15(14)24)16(18)27)9-5-7-10(8-6-9)23(25)26/h1-8,14H,(H2,18,27)/t14-/m0/s1. The summed E-state index contributed by atoms with van der Waals surface area (Å²) in [7, 11) is 0. The minimum absolute atomic E-state index is 0.0934. The lowest BCUT2D eigenvalue weighted by Crippen LogP contribution is -2.37. The van der Waals surface area contributed by atoms with Crippen molar-refractivity contribution in [1.29, 1.82) is 0 Å². The Morgan fingerprint density at radius 1 is 1.26 bits per heavy atom. The zero-order chi connectivity index (χ0) is 19.6. The van der Waals surface area contributed by atoms with Crippen LogP contribution in [-0.2, 0) is 4.79 Å². The number of benzene rings is 2. The predicted molar refractivity (Wildman–Crippen MR) is 103 cm³/mol. The highest BCUT2D eigenvalue weighted by Crippen LogP contribution is 2.26. The fourth-order valence-electron chi connectivity index (χ4n) is 2.33. The molecule has 0 unspecified atom stereocenters. The van der Waals surface area contributed by atoms with Crippen LogP contribution >= 0.6 is 23.8 Å². The number of carbonyl (C=O) groups excluding carboxylic acids is 1. The van der Waals surface area contributed by atoms with Crippen molar-refractivity contribution in [2.75, 3.05) is 0 Å². The average Bonchev–Trinajstić information content (AvgIpc) is 2.98. The summed E-state index contributed by atoms with van der Waals surface area (Å²) in [5, 5.41) is 24.0. The molecule has 1 aliphatic heterocycles. The van der Waals surface area contributed by atoms with E-state index in [1.165, 1.54) is 24.3 Å². The van der Waals surface area contributed by atoms with Crippen LogP contribution < -0.4 is 5.73 Å². The number of amides is 1. The van der Waals surface area contributed by atoms with Crippen molar-refractivity contribution in [2.24, 2.45) is 21.1 Å². The Kier molecular flexibility index (Phi) is 5.19. The number of nitro groups is 1. The first-order valence-electron chi connectivity index (χ1n) is 7.50. The van der Waals surface area contributed by atoms with Crippen LogP contribution in [0.1, 0.15) is 5.56 Å². The summed E-state index contributed by atoms with van der Waals surface area (Å²) < 4.78 is 0. The van der Waals surface area contributed by atoms with Gasteiger partial charge in [-0.3, -0.25) is 14.9 Å². The molecule has 2 aromatic carbocycles. The summed E-state index contributed by atoms with van der Waals surface area (Å²) in [5.41, 5.74) is 6.49. The molecule has 136 valence electrons. The van der Waals surface area contributed by atoms with E-state index in [1.54, 1.807) is 24.3 Å². The molecule has 2 aromatic rings. The Morgan fingerprint density at radius 2 is 1.93 bits per heavy atom. The third kappa shape index (κ3) is 3.81. The van der Waals surface area contributed by atoms with E-state index in [2.05, 4.69) is 15.3 Å². The molecular formula is C16H11ClN6O3S. The number of carbonyl (C=O) groups is 1. The topological polar surface area (TPSA) is 127 Å². The third-order valence-corrected chi connectivity index (χ3v) is 4.12. The molecule has 1 atom stereocenters. The van der Waals surface area contributed by atoms with E-state index in [0.717, 1.165) is 5.01 Å². The van der Waals surface area contributed by atoms with E-state index in [9.17, 15) is 14.9 Å². The second kappa shape index (κ2) is 7.56. The first kappa shape index (κ1) is 18.5. The quantitative estimate of drug-likeness (QED) is 0.363. The molecule has 0 fully saturated rings. The molecule has 0 saturated carbocycles. The highest BCUT2D eigenvalue weighted by atomic mass is 35.5. The molecule has 1 heterocycles. The lowest BCUT2D eigenvalue weighted by Gasteiger charge is -2.08. The Hall–Kier alpha value is -3.24. The van der Waals surface area contributed by atoms with Gasteiger partial charge >= 0.3 is 0 Å². The summed E-state index contributed by atoms with van der Waals surface area (Å²) in [6.07, 6.45) is 0. The van der Waals surface area contributed by atoms with Gasteiger partial charge in [0.2, 0.25) is 0 Å². The number of thiocarbonyl (C=S) groups is 1. The molecule has 9 nitrogen and oxygen atoms in total. The summed E-state index contributed by atoms with van der Waals surface area (Å²) in [5.74, 6) is -0.577. The fraction of sp³-hybridized carbons (Fsp3) is 0.0625. The minimum atomic E-state index is -1.11. The Bertz CT molecular complexity index is 992. The summed E-state index contributed by atoms with van der Waals surface area (Å²) in [6, 6.07) is 11.2. The van der Waals surface area contributed by atoms with Crippen LogP contribution in [0.2, 0.25) is 5.02 Å². The van der Waals surface area contributed by atoms with Crippen molar-refractivity contribution in [3.63, 3.8) is 0 Å². The molecule has 1 amide bonds. The molecule has 3 rings (SSSR count). The second-order valence-corrected chi connectivity index (χ2v) is 6.17.